The molecule has 1 aliphatic heterocycles. The van der Waals surface area contributed by atoms with E-state index in [1.807, 2.05) is 30.3 Å². The molecular formula is C22H21ClN2O3S. The van der Waals surface area contributed by atoms with Crippen LogP contribution < -0.4 is 0 Å². The molecule has 29 heavy (non-hydrogen) atoms. The molecule has 1 amide bonds. The van der Waals surface area contributed by atoms with Gasteiger partial charge in [0.1, 0.15) is 0 Å². The summed E-state index contributed by atoms with van der Waals surface area (Å²) < 4.78 is 6.06. The van der Waals surface area contributed by atoms with Crippen molar-refractivity contribution in [2.75, 3.05) is 19.7 Å². The third-order valence-corrected chi connectivity index (χ3v) is 6.35. The Kier molecular flexibility index (Phi) is 5.83. The predicted octanol–water partition coefficient (Wildman–Crippen LogP) is 5.03. The Hall–Kier alpha value is -2.44. The van der Waals surface area contributed by atoms with E-state index in [-0.39, 0.29) is 12.5 Å². The van der Waals surface area contributed by atoms with E-state index in [2.05, 4.69) is 11.9 Å². The lowest BCUT2D eigenvalue weighted by Crippen LogP contribution is -2.41. The Morgan fingerprint density at radius 1 is 1.28 bits per heavy atom. The molecule has 1 aromatic carbocycles. The van der Waals surface area contributed by atoms with Crippen LogP contribution in [-0.2, 0) is 9.53 Å². The summed E-state index contributed by atoms with van der Waals surface area (Å²) in [6.07, 6.45) is 2.12. The molecule has 150 valence electrons. The van der Waals surface area contributed by atoms with Crippen LogP contribution in [0.4, 0.5) is 0 Å². The summed E-state index contributed by atoms with van der Waals surface area (Å²) in [6.45, 7) is 3.33. The Balaban J connectivity index is 1.57. The average Bonchev–Trinajstić information content (AvgIpc) is 3.17. The van der Waals surface area contributed by atoms with E-state index >= 15 is 0 Å². The van der Waals surface area contributed by atoms with Crippen molar-refractivity contribution in [1.82, 2.24) is 9.88 Å². The Morgan fingerprint density at radius 3 is 2.86 bits per heavy atom. The van der Waals surface area contributed by atoms with Crippen molar-refractivity contribution < 1.29 is 14.3 Å². The minimum atomic E-state index is -0.522. The fourth-order valence-electron chi connectivity index (χ4n) is 3.63. The SMILES string of the molecule is CC1CCCN(C(=O)COC(=O)c2cc(-c3ccc(Cl)s3)nc3ccccc23)C1. The van der Waals surface area contributed by atoms with Crippen molar-refractivity contribution in [2.24, 2.45) is 5.92 Å². The van der Waals surface area contributed by atoms with E-state index in [4.69, 9.17) is 16.3 Å². The zero-order chi connectivity index (χ0) is 20.4. The number of carbonyl (C=O) groups excluding carboxylic acids is 2. The molecule has 0 spiro atoms. The second-order valence-electron chi connectivity index (χ2n) is 7.34. The van der Waals surface area contributed by atoms with Gasteiger partial charge in [0.25, 0.3) is 5.91 Å². The van der Waals surface area contributed by atoms with Gasteiger partial charge in [-0.25, -0.2) is 9.78 Å². The first kappa shape index (κ1) is 19.9. The van der Waals surface area contributed by atoms with Gasteiger partial charge in [0.2, 0.25) is 0 Å². The fraction of sp³-hybridized carbons (Fsp3) is 0.318. The van der Waals surface area contributed by atoms with Crippen LogP contribution in [0.15, 0.2) is 42.5 Å². The lowest BCUT2D eigenvalue weighted by atomic mass is 10.0. The van der Waals surface area contributed by atoms with Crippen LogP contribution in [0.25, 0.3) is 21.5 Å². The lowest BCUT2D eigenvalue weighted by molar-refractivity contribution is -0.136. The highest BCUT2D eigenvalue weighted by atomic mass is 35.5. The number of para-hydroxylation sites is 1. The lowest BCUT2D eigenvalue weighted by Gasteiger charge is -2.30. The Bertz CT molecular complexity index is 1070. The van der Waals surface area contributed by atoms with Crippen LogP contribution in [0.1, 0.15) is 30.1 Å². The zero-order valence-electron chi connectivity index (χ0n) is 16.1. The summed E-state index contributed by atoms with van der Waals surface area (Å²) in [5, 5.41) is 0.697. The average molecular weight is 429 g/mol. The van der Waals surface area contributed by atoms with Gasteiger partial charge < -0.3 is 9.64 Å². The van der Waals surface area contributed by atoms with E-state index in [0.29, 0.717) is 32.4 Å². The number of esters is 1. The highest BCUT2D eigenvalue weighted by Crippen LogP contribution is 2.32. The van der Waals surface area contributed by atoms with Crippen molar-refractivity contribution >= 4 is 45.7 Å². The first-order valence-electron chi connectivity index (χ1n) is 9.61. The fourth-order valence-corrected chi connectivity index (χ4v) is 4.64. The number of thiophene rings is 1. The summed E-state index contributed by atoms with van der Waals surface area (Å²) in [4.78, 5) is 32.6. The molecule has 5 nitrogen and oxygen atoms in total. The van der Waals surface area contributed by atoms with Crippen LogP contribution in [0.2, 0.25) is 4.34 Å². The van der Waals surface area contributed by atoms with Crippen molar-refractivity contribution in [3.05, 3.63) is 52.4 Å². The number of halogens is 1. The standard InChI is InChI=1S/C22H21ClN2O3S/c1-14-5-4-10-25(12-14)21(26)13-28-22(27)16-11-18(19-8-9-20(23)29-19)24-17-7-3-2-6-15(16)17/h2-3,6-9,11,14H,4-5,10,12-13H2,1H3. The third kappa shape index (κ3) is 4.43. The molecule has 0 aliphatic carbocycles. The van der Waals surface area contributed by atoms with E-state index in [9.17, 15) is 9.59 Å². The van der Waals surface area contributed by atoms with Crippen molar-refractivity contribution in [3.8, 4) is 10.6 Å². The summed E-state index contributed by atoms with van der Waals surface area (Å²) in [7, 11) is 0. The van der Waals surface area contributed by atoms with Crippen molar-refractivity contribution in [3.63, 3.8) is 0 Å². The van der Waals surface area contributed by atoms with Gasteiger partial charge in [-0.15, -0.1) is 11.3 Å². The highest BCUT2D eigenvalue weighted by Gasteiger charge is 2.23. The molecule has 7 heteroatoms. The third-order valence-electron chi connectivity index (χ3n) is 5.10. The molecule has 1 aliphatic rings. The number of fused-ring (bicyclic) bond motifs is 1. The molecule has 2 aromatic heterocycles. The van der Waals surface area contributed by atoms with Gasteiger partial charge in [0.15, 0.2) is 6.61 Å². The van der Waals surface area contributed by atoms with E-state index in [1.54, 1.807) is 17.0 Å². The molecule has 1 unspecified atom stereocenters. The van der Waals surface area contributed by atoms with E-state index < -0.39 is 5.97 Å². The van der Waals surface area contributed by atoms with Gasteiger partial charge >= 0.3 is 5.97 Å². The van der Waals surface area contributed by atoms with Crippen LogP contribution in [-0.4, -0.2) is 41.5 Å². The minimum Gasteiger partial charge on any atom is -0.452 e. The zero-order valence-corrected chi connectivity index (χ0v) is 17.6. The number of amides is 1. The molecule has 3 aromatic rings. The number of carbonyl (C=O) groups is 2. The van der Waals surface area contributed by atoms with Gasteiger partial charge in [-0.2, -0.15) is 0 Å². The number of piperidine rings is 1. The number of aromatic nitrogens is 1. The topological polar surface area (TPSA) is 59.5 Å². The summed E-state index contributed by atoms with van der Waals surface area (Å²) >= 11 is 7.45. The van der Waals surface area contributed by atoms with Crippen molar-refractivity contribution in [2.45, 2.75) is 19.8 Å². The Morgan fingerprint density at radius 2 is 2.10 bits per heavy atom. The smallest absolute Gasteiger partial charge is 0.339 e. The largest absolute Gasteiger partial charge is 0.452 e. The van der Waals surface area contributed by atoms with Crippen LogP contribution in [0, 0.1) is 5.92 Å². The number of hydrogen-bond donors (Lipinski definition) is 0. The number of likely N-dealkylation sites (tertiary alicyclic amines) is 1. The highest BCUT2D eigenvalue weighted by molar-refractivity contribution is 7.19. The number of hydrogen-bond acceptors (Lipinski definition) is 5. The molecule has 1 saturated heterocycles. The maximum atomic E-state index is 12.9. The second kappa shape index (κ2) is 8.51. The van der Waals surface area contributed by atoms with Gasteiger partial charge in [-0.1, -0.05) is 36.7 Å². The van der Waals surface area contributed by atoms with Crippen LogP contribution in [0.5, 0.6) is 0 Å². The molecule has 0 radical (unpaired) electrons. The Labute approximate surface area is 178 Å². The first-order valence-corrected chi connectivity index (χ1v) is 10.8. The molecular weight excluding hydrogens is 408 g/mol. The molecule has 0 bridgehead atoms. The summed E-state index contributed by atoms with van der Waals surface area (Å²) in [6, 6.07) is 12.8. The summed E-state index contributed by atoms with van der Waals surface area (Å²) in [5.41, 5.74) is 1.75. The molecule has 3 heterocycles. The second-order valence-corrected chi connectivity index (χ2v) is 9.05. The van der Waals surface area contributed by atoms with Gasteiger partial charge in [-0.3, -0.25) is 4.79 Å². The maximum absolute atomic E-state index is 12.9. The van der Waals surface area contributed by atoms with Crippen LogP contribution >= 0.6 is 22.9 Å². The summed E-state index contributed by atoms with van der Waals surface area (Å²) in [5.74, 6) is -0.188. The van der Waals surface area contributed by atoms with Crippen molar-refractivity contribution in [1.29, 1.82) is 0 Å². The van der Waals surface area contributed by atoms with Crippen LogP contribution in [0.3, 0.4) is 0 Å². The van der Waals surface area contributed by atoms with Gasteiger partial charge in [0.05, 0.1) is 26.0 Å². The molecule has 1 fully saturated rings. The van der Waals surface area contributed by atoms with E-state index in [0.717, 1.165) is 30.8 Å². The van der Waals surface area contributed by atoms with Gasteiger partial charge in [0, 0.05) is 18.5 Å². The maximum Gasteiger partial charge on any atom is 0.339 e. The molecule has 0 N–H and O–H groups in total. The molecule has 0 saturated carbocycles. The monoisotopic (exact) mass is 428 g/mol. The molecule has 1 atom stereocenters. The minimum absolute atomic E-state index is 0.145. The van der Waals surface area contributed by atoms with E-state index in [1.165, 1.54) is 11.3 Å². The normalized spacial score (nSPS) is 16.8. The quantitative estimate of drug-likeness (QED) is 0.546. The molecule has 4 rings (SSSR count). The number of benzene rings is 1. The number of pyridine rings is 1. The first-order chi connectivity index (χ1) is 14.0. The predicted molar refractivity (Wildman–Crippen MR) is 115 cm³/mol. The van der Waals surface area contributed by atoms with Gasteiger partial charge in [-0.05, 0) is 43.0 Å². The number of rotatable bonds is 4. The number of nitrogens with zero attached hydrogens (tertiary/aromatic N) is 2. The number of ether oxygens (including phenoxy) is 1.